The molecule has 7 amide bonds. The van der Waals surface area contributed by atoms with Crippen LogP contribution >= 0.6 is 0 Å². The van der Waals surface area contributed by atoms with Gasteiger partial charge in [-0.3, -0.25) is 38.5 Å². The molecule has 1 aliphatic heterocycles. The second-order valence-corrected chi connectivity index (χ2v) is 18.5. The van der Waals surface area contributed by atoms with Crippen molar-refractivity contribution in [1.29, 1.82) is 0 Å². The fourth-order valence-electron chi connectivity index (χ4n) is 8.81. The molecule has 2 unspecified atom stereocenters. The van der Waals surface area contributed by atoms with Gasteiger partial charge in [0.25, 0.3) is 0 Å². The Morgan fingerprint density at radius 2 is 1.46 bits per heavy atom. The summed E-state index contributed by atoms with van der Waals surface area (Å²) in [5.41, 5.74) is 7.51. The van der Waals surface area contributed by atoms with Gasteiger partial charge in [-0.1, -0.05) is 67.0 Å². The lowest BCUT2D eigenvalue weighted by atomic mass is 9.90. The molecule has 1 saturated heterocycles. The Bertz CT molecular complexity index is 1740. The van der Waals surface area contributed by atoms with E-state index in [-0.39, 0.29) is 80.1 Å². The second kappa shape index (κ2) is 29.3. The molecule has 1 aliphatic rings. The van der Waals surface area contributed by atoms with Gasteiger partial charge >= 0.3 is 0 Å². The SMILES string of the molecule is CCOCC(=O)NC(C(=O)NCC(=O)Nc1ccc(C[C@@H](CN)NC(=O)[C@H](C)[C@@H](OC)[C@@H]2CCCN2C(=O)C[C@@H](OC)[C@H]([C@@H](C)CC)N(C)C(=O)CNC(=O)C(C(C)C)N(C)C)cc1)C(C)C. The molecule has 1 fully saturated rings. The number of carbonyl (C=O) groups is 7. The zero-order chi connectivity index (χ0) is 50.5. The molecule has 0 spiro atoms. The van der Waals surface area contributed by atoms with E-state index in [0.717, 1.165) is 18.4 Å². The number of hydrogen-bond acceptors (Lipinski definition) is 12. The Hall–Kier alpha value is -4.69. The van der Waals surface area contributed by atoms with Crippen molar-refractivity contribution >= 4 is 47.0 Å². The zero-order valence-electron chi connectivity index (χ0n) is 42.4. The number of anilines is 1. The molecular formula is C48H83N9O10. The molecule has 0 radical (unpaired) electrons. The fourth-order valence-corrected chi connectivity index (χ4v) is 8.81. The van der Waals surface area contributed by atoms with E-state index in [0.29, 0.717) is 31.7 Å². The Labute approximate surface area is 399 Å². The molecule has 2 rings (SSSR count). The van der Waals surface area contributed by atoms with E-state index < -0.39 is 60.0 Å². The van der Waals surface area contributed by atoms with Crippen LogP contribution in [-0.4, -0.2) is 173 Å². The molecule has 7 N–H and O–H groups in total. The average molecular weight is 946 g/mol. The maximum atomic E-state index is 14.2. The molecule has 0 bridgehead atoms. The van der Waals surface area contributed by atoms with Crippen molar-refractivity contribution in [3.05, 3.63) is 29.8 Å². The molecule has 380 valence electrons. The Balaban J connectivity index is 2.05. The summed E-state index contributed by atoms with van der Waals surface area (Å²) >= 11 is 0. The first-order valence-corrected chi connectivity index (χ1v) is 23.7. The maximum Gasteiger partial charge on any atom is 0.246 e. The minimum atomic E-state index is -0.831. The number of likely N-dealkylation sites (tertiary alicyclic amines) is 1. The van der Waals surface area contributed by atoms with Crippen molar-refractivity contribution in [2.75, 3.05) is 80.1 Å². The van der Waals surface area contributed by atoms with Crippen LogP contribution < -0.4 is 32.3 Å². The molecule has 1 aromatic carbocycles. The van der Waals surface area contributed by atoms with Crippen LogP contribution in [-0.2, 0) is 54.2 Å². The van der Waals surface area contributed by atoms with E-state index in [9.17, 15) is 33.6 Å². The van der Waals surface area contributed by atoms with E-state index in [1.807, 2.05) is 58.8 Å². The largest absolute Gasteiger partial charge is 0.379 e. The fraction of sp³-hybridized carbons (Fsp3) is 0.729. The van der Waals surface area contributed by atoms with E-state index >= 15 is 0 Å². The number of likely N-dealkylation sites (N-methyl/N-ethyl adjacent to an activating group) is 2. The summed E-state index contributed by atoms with van der Waals surface area (Å²) in [6.45, 7) is 15.4. The number of nitrogens with zero attached hydrogens (tertiary/aromatic N) is 3. The summed E-state index contributed by atoms with van der Waals surface area (Å²) in [5, 5.41) is 13.8. The number of carbonyl (C=O) groups excluding carboxylic acids is 7. The lowest BCUT2D eigenvalue weighted by molar-refractivity contribution is -0.146. The van der Waals surface area contributed by atoms with Gasteiger partial charge in [-0.15, -0.1) is 0 Å². The zero-order valence-corrected chi connectivity index (χ0v) is 42.4. The third-order valence-corrected chi connectivity index (χ3v) is 12.7. The number of ether oxygens (including phenoxy) is 3. The smallest absolute Gasteiger partial charge is 0.246 e. The van der Waals surface area contributed by atoms with Crippen LogP contribution in [0.15, 0.2) is 24.3 Å². The van der Waals surface area contributed by atoms with Gasteiger partial charge in [0.2, 0.25) is 41.4 Å². The van der Waals surface area contributed by atoms with Crippen LogP contribution in [0.2, 0.25) is 0 Å². The number of rotatable bonds is 29. The monoisotopic (exact) mass is 946 g/mol. The van der Waals surface area contributed by atoms with Crippen molar-refractivity contribution in [3.8, 4) is 0 Å². The molecule has 9 atom stereocenters. The summed E-state index contributed by atoms with van der Waals surface area (Å²) in [7, 11) is 8.41. The Kier molecular flexibility index (Phi) is 25.5. The van der Waals surface area contributed by atoms with E-state index in [4.69, 9.17) is 19.9 Å². The van der Waals surface area contributed by atoms with Crippen LogP contribution in [0.4, 0.5) is 5.69 Å². The first-order chi connectivity index (χ1) is 31.6. The summed E-state index contributed by atoms with van der Waals surface area (Å²) in [5.74, 6) is -3.17. The molecule has 0 saturated carbocycles. The summed E-state index contributed by atoms with van der Waals surface area (Å²) in [6, 6.07) is 4.57. The number of benzene rings is 1. The topological polar surface area (TPSA) is 243 Å². The number of hydrogen-bond donors (Lipinski definition) is 6. The highest BCUT2D eigenvalue weighted by molar-refractivity contribution is 5.96. The van der Waals surface area contributed by atoms with Crippen molar-refractivity contribution < 1.29 is 47.8 Å². The molecule has 1 aromatic rings. The van der Waals surface area contributed by atoms with Crippen LogP contribution in [0.1, 0.15) is 86.6 Å². The lowest BCUT2D eigenvalue weighted by Crippen LogP contribution is -2.55. The van der Waals surface area contributed by atoms with Gasteiger partial charge < -0.3 is 56.3 Å². The van der Waals surface area contributed by atoms with Gasteiger partial charge in [-0.2, -0.15) is 0 Å². The van der Waals surface area contributed by atoms with Gasteiger partial charge in [0, 0.05) is 52.7 Å². The number of amides is 7. The third kappa shape index (κ3) is 18.0. The third-order valence-electron chi connectivity index (χ3n) is 12.7. The van der Waals surface area contributed by atoms with E-state index in [2.05, 4.69) is 26.6 Å². The molecule has 67 heavy (non-hydrogen) atoms. The van der Waals surface area contributed by atoms with Crippen LogP contribution in [0.3, 0.4) is 0 Å². The number of nitrogens with two attached hydrogens (primary N) is 1. The van der Waals surface area contributed by atoms with E-state index in [1.54, 1.807) is 56.7 Å². The van der Waals surface area contributed by atoms with Crippen LogP contribution in [0, 0.1) is 23.7 Å². The Morgan fingerprint density at radius 1 is 0.821 bits per heavy atom. The van der Waals surface area contributed by atoms with Crippen molar-refractivity contribution in [3.63, 3.8) is 0 Å². The quantitative estimate of drug-likeness (QED) is 0.0671. The molecular weight excluding hydrogens is 863 g/mol. The highest BCUT2D eigenvalue weighted by atomic mass is 16.5. The van der Waals surface area contributed by atoms with Crippen LogP contribution in [0.5, 0.6) is 0 Å². The van der Waals surface area contributed by atoms with Gasteiger partial charge in [0.15, 0.2) is 0 Å². The van der Waals surface area contributed by atoms with Gasteiger partial charge in [0.05, 0.1) is 55.8 Å². The molecule has 0 aromatic heterocycles. The maximum absolute atomic E-state index is 14.2. The first kappa shape index (κ1) is 58.4. The number of nitrogens with one attached hydrogen (secondary N) is 5. The molecule has 19 nitrogen and oxygen atoms in total. The minimum Gasteiger partial charge on any atom is -0.379 e. The van der Waals surface area contributed by atoms with Gasteiger partial charge in [-0.25, -0.2) is 0 Å². The van der Waals surface area contributed by atoms with Crippen molar-refractivity contribution in [2.45, 2.75) is 130 Å². The van der Waals surface area contributed by atoms with E-state index in [1.165, 1.54) is 14.2 Å². The molecule has 0 aliphatic carbocycles. The normalized spacial score (nSPS) is 17.4. The summed E-state index contributed by atoms with van der Waals surface area (Å²) in [6.07, 6.45) is 1.23. The summed E-state index contributed by atoms with van der Waals surface area (Å²) < 4.78 is 17.0. The standard InChI is InChI=1S/C48H83N9O10/c1-14-31(7)44(56(11)41(61)27-51-48(64)43(30(5)6)55(9)10)37(65-12)24-40(60)57-22-16-17-36(57)45(66-13)32(8)46(62)53-35(25-49)23-33-18-20-34(21-19-33)52-38(58)26-50-47(63)42(29(3)4)54-39(59)28-67-15-2/h18-21,29-32,35-37,42-45H,14-17,22-28,49H2,1-13H3,(H,50,63)(H,51,64)(H,52,58)(H,53,62)(H,54,59)/t31-,32+,35-,36-,37+,42?,43?,44-,45+/m0/s1. The highest BCUT2D eigenvalue weighted by Crippen LogP contribution is 2.29. The van der Waals surface area contributed by atoms with Gasteiger partial charge in [-0.05, 0) is 75.7 Å². The molecule has 19 heteroatoms. The Morgan fingerprint density at radius 3 is 2.00 bits per heavy atom. The lowest BCUT2D eigenvalue weighted by Gasteiger charge is -2.39. The highest BCUT2D eigenvalue weighted by Gasteiger charge is 2.42. The second-order valence-electron chi connectivity index (χ2n) is 18.5. The van der Waals surface area contributed by atoms with Crippen molar-refractivity contribution in [2.24, 2.45) is 29.4 Å². The number of methoxy groups -OCH3 is 2. The predicted octanol–water partition coefficient (Wildman–Crippen LogP) is 1.53. The molecule has 1 heterocycles. The summed E-state index contributed by atoms with van der Waals surface area (Å²) in [4.78, 5) is 97.3. The van der Waals surface area contributed by atoms with Crippen LogP contribution in [0.25, 0.3) is 0 Å². The first-order valence-electron chi connectivity index (χ1n) is 23.7. The van der Waals surface area contributed by atoms with Crippen molar-refractivity contribution in [1.82, 2.24) is 36.0 Å². The van der Waals surface area contributed by atoms with Gasteiger partial charge in [0.1, 0.15) is 12.6 Å². The average Bonchev–Trinajstić information content (AvgIpc) is 3.77. The minimum absolute atomic E-state index is 0.00267. The predicted molar refractivity (Wildman–Crippen MR) is 257 cm³/mol.